The van der Waals surface area contributed by atoms with Gasteiger partial charge in [-0.3, -0.25) is 5.41 Å². The van der Waals surface area contributed by atoms with Crippen LogP contribution in [-0.4, -0.2) is 30.4 Å². The number of hydrogen-bond acceptors (Lipinski definition) is 2. The minimum Gasteiger partial charge on any atom is -0.388 e. The molecule has 0 aliphatic heterocycles. The average Bonchev–Trinajstić information content (AvgIpc) is 2.27. The van der Waals surface area contributed by atoms with E-state index in [1.165, 1.54) is 38.5 Å². The molecular weight excluding hydrogens is 198 g/mol. The number of rotatable bonds is 11. The van der Waals surface area contributed by atoms with E-state index >= 15 is 0 Å². The standard InChI is InChI=1S/C13H29N3/c1-3-5-6-7-8-9-11-16(4-2)12-10-13(14)15/h3-12H2,1-2H3,(H3,14,15). The van der Waals surface area contributed by atoms with Gasteiger partial charge in [0.1, 0.15) is 0 Å². The maximum Gasteiger partial charge on any atom is 0.0918 e. The fourth-order valence-corrected chi connectivity index (χ4v) is 1.82. The van der Waals surface area contributed by atoms with Gasteiger partial charge < -0.3 is 10.6 Å². The van der Waals surface area contributed by atoms with Gasteiger partial charge in [-0.2, -0.15) is 0 Å². The van der Waals surface area contributed by atoms with Crippen molar-refractivity contribution in [1.29, 1.82) is 5.41 Å². The Hall–Kier alpha value is -0.570. The summed E-state index contributed by atoms with van der Waals surface area (Å²) in [7, 11) is 0. The molecule has 0 heterocycles. The zero-order valence-corrected chi connectivity index (χ0v) is 11.1. The van der Waals surface area contributed by atoms with E-state index in [0.717, 1.165) is 19.6 Å². The van der Waals surface area contributed by atoms with Crippen LogP contribution in [0.1, 0.15) is 58.8 Å². The molecule has 0 saturated carbocycles. The summed E-state index contributed by atoms with van der Waals surface area (Å²) in [5, 5.41) is 7.20. The molecule has 0 rings (SSSR count). The van der Waals surface area contributed by atoms with E-state index in [9.17, 15) is 0 Å². The van der Waals surface area contributed by atoms with E-state index in [-0.39, 0.29) is 0 Å². The molecule has 0 saturated heterocycles. The van der Waals surface area contributed by atoms with Crippen LogP contribution in [0.5, 0.6) is 0 Å². The molecule has 0 aliphatic carbocycles. The first-order chi connectivity index (χ1) is 7.70. The highest BCUT2D eigenvalue weighted by atomic mass is 15.1. The van der Waals surface area contributed by atoms with Crippen molar-refractivity contribution in [2.75, 3.05) is 19.6 Å². The van der Waals surface area contributed by atoms with Crippen LogP contribution in [-0.2, 0) is 0 Å². The quantitative estimate of drug-likeness (QED) is 0.324. The SMILES string of the molecule is CCCCCCCCN(CC)CCC(=N)N. The molecule has 0 aromatic rings. The number of amidine groups is 1. The first kappa shape index (κ1) is 15.4. The van der Waals surface area contributed by atoms with Crippen LogP contribution in [0, 0.1) is 5.41 Å². The zero-order valence-electron chi connectivity index (χ0n) is 11.1. The average molecular weight is 227 g/mol. The molecule has 0 unspecified atom stereocenters. The number of hydrogen-bond donors (Lipinski definition) is 2. The van der Waals surface area contributed by atoms with Gasteiger partial charge in [-0.25, -0.2) is 0 Å². The molecule has 16 heavy (non-hydrogen) atoms. The monoisotopic (exact) mass is 227 g/mol. The van der Waals surface area contributed by atoms with Crippen molar-refractivity contribution < 1.29 is 0 Å². The molecule has 0 aromatic carbocycles. The van der Waals surface area contributed by atoms with Crippen LogP contribution in [0.2, 0.25) is 0 Å². The number of nitrogens with one attached hydrogen (secondary N) is 1. The summed E-state index contributed by atoms with van der Waals surface area (Å²) in [6.07, 6.45) is 8.80. The number of nitrogens with zero attached hydrogens (tertiary/aromatic N) is 1. The van der Waals surface area contributed by atoms with Crippen molar-refractivity contribution in [3.05, 3.63) is 0 Å². The molecule has 96 valence electrons. The molecule has 0 aliphatic rings. The summed E-state index contributed by atoms with van der Waals surface area (Å²) in [5.41, 5.74) is 5.36. The number of nitrogens with two attached hydrogens (primary N) is 1. The number of unbranched alkanes of at least 4 members (excludes halogenated alkanes) is 5. The van der Waals surface area contributed by atoms with Gasteiger partial charge in [-0.15, -0.1) is 0 Å². The smallest absolute Gasteiger partial charge is 0.0918 e. The van der Waals surface area contributed by atoms with Crippen molar-refractivity contribution in [2.24, 2.45) is 5.73 Å². The Labute approximate surface area is 101 Å². The molecule has 0 bridgehead atoms. The van der Waals surface area contributed by atoms with Crippen LogP contribution in [0.3, 0.4) is 0 Å². The van der Waals surface area contributed by atoms with E-state index in [0.29, 0.717) is 12.3 Å². The third-order valence-corrected chi connectivity index (χ3v) is 2.97. The second-order valence-electron chi connectivity index (χ2n) is 4.48. The lowest BCUT2D eigenvalue weighted by Gasteiger charge is -2.19. The first-order valence-corrected chi connectivity index (χ1v) is 6.76. The molecule has 0 aromatic heterocycles. The lowest BCUT2D eigenvalue weighted by Crippen LogP contribution is -2.28. The van der Waals surface area contributed by atoms with Crippen LogP contribution >= 0.6 is 0 Å². The fourth-order valence-electron chi connectivity index (χ4n) is 1.82. The molecule has 3 N–H and O–H groups in total. The van der Waals surface area contributed by atoms with Crippen LogP contribution in [0.25, 0.3) is 0 Å². The highest BCUT2D eigenvalue weighted by Gasteiger charge is 2.02. The molecule has 0 radical (unpaired) electrons. The molecule has 0 spiro atoms. The van der Waals surface area contributed by atoms with Gasteiger partial charge in [-0.05, 0) is 19.5 Å². The highest BCUT2D eigenvalue weighted by molar-refractivity contribution is 5.76. The van der Waals surface area contributed by atoms with Gasteiger partial charge in [0.05, 0.1) is 5.84 Å². The van der Waals surface area contributed by atoms with Crippen molar-refractivity contribution in [3.8, 4) is 0 Å². The minimum atomic E-state index is 0.307. The van der Waals surface area contributed by atoms with E-state index in [1.54, 1.807) is 0 Å². The van der Waals surface area contributed by atoms with Gasteiger partial charge in [0.15, 0.2) is 0 Å². The largest absolute Gasteiger partial charge is 0.388 e. The fraction of sp³-hybridized carbons (Fsp3) is 0.923. The second-order valence-corrected chi connectivity index (χ2v) is 4.48. The molecule has 3 nitrogen and oxygen atoms in total. The molecule has 0 fully saturated rings. The van der Waals surface area contributed by atoms with Gasteiger partial charge in [0, 0.05) is 13.0 Å². The molecule has 0 atom stereocenters. The van der Waals surface area contributed by atoms with E-state index in [4.69, 9.17) is 11.1 Å². The summed E-state index contributed by atoms with van der Waals surface area (Å²) in [6, 6.07) is 0. The molecular formula is C13H29N3. The first-order valence-electron chi connectivity index (χ1n) is 6.76. The zero-order chi connectivity index (χ0) is 12.2. The Balaban J connectivity index is 3.37. The Morgan fingerprint density at radius 2 is 1.62 bits per heavy atom. The van der Waals surface area contributed by atoms with Gasteiger partial charge >= 0.3 is 0 Å². The van der Waals surface area contributed by atoms with Crippen LogP contribution < -0.4 is 5.73 Å². The lowest BCUT2D eigenvalue weighted by molar-refractivity contribution is 0.288. The summed E-state index contributed by atoms with van der Waals surface area (Å²) >= 11 is 0. The third kappa shape index (κ3) is 9.97. The minimum absolute atomic E-state index is 0.307. The van der Waals surface area contributed by atoms with Crippen molar-refractivity contribution in [1.82, 2.24) is 4.90 Å². The van der Waals surface area contributed by atoms with Gasteiger partial charge in [-0.1, -0.05) is 46.0 Å². The van der Waals surface area contributed by atoms with E-state index in [2.05, 4.69) is 18.7 Å². The normalized spacial score (nSPS) is 10.9. The maximum atomic E-state index is 7.20. The van der Waals surface area contributed by atoms with Crippen molar-refractivity contribution >= 4 is 5.84 Å². The highest BCUT2D eigenvalue weighted by Crippen LogP contribution is 2.06. The summed E-state index contributed by atoms with van der Waals surface area (Å²) in [6.45, 7) is 7.61. The topological polar surface area (TPSA) is 53.1 Å². The van der Waals surface area contributed by atoms with E-state index in [1.807, 2.05) is 0 Å². The molecule has 3 heteroatoms. The maximum absolute atomic E-state index is 7.20. The van der Waals surface area contributed by atoms with Crippen molar-refractivity contribution in [2.45, 2.75) is 58.8 Å². The predicted octanol–water partition coefficient (Wildman–Crippen LogP) is 2.99. The second kappa shape index (κ2) is 10.9. The Bertz CT molecular complexity index is 169. The Kier molecular flexibility index (Phi) is 10.5. The molecule has 0 amide bonds. The van der Waals surface area contributed by atoms with Gasteiger partial charge in [0.25, 0.3) is 0 Å². The lowest BCUT2D eigenvalue weighted by atomic mass is 10.1. The predicted molar refractivity (Wildman–Crippen MR) is 72.0 cm³/mol. The van der Waals surface area contributed by atoms with Crippen molar-refractivity contribution in [3.63, 3.8) is 0 Å². The van der Waals surface area contributed by atoms with E-state index < -0.39 is 0 Å². The van der Waals surface area contributed by atoms with Crippen LogP contribution in [0.15, 0.2) is 0 Å². The Morgan fingerprint density at radius 3 is 2.19 bits per heavy atom. The summed E-state index contributed by atoms with van der Waals surface area (Å²) in [5.74, 6) is 0.307. The van der Waals surface area contributed by atoms with Crippen LogP contribution in [0.4, 0.5) is 0 Å². The van der Waals surface area contributed by atoms with Gasteiger partial charge in [0.2, 0.25) is 0 Å². The third-order valence-electron chi connectivity index (χ3n) is 2.97. The summed E-state index contributed by atoms with van der Waals surface area (Å²) < 4.78 is 0. The summed E-state index contributed by atoms with van der Waals surface area (Å²) in [4.78, 5) is 2.39. The Morgan fingerprint density at radius 1 is 1.00 bits per heavy atom.